The molecule has 2 N–H and O–H groups in total. The Morgan fingerprint density at radius 2 is 1.62 bits per heavy atom. The highest BCUT2D eigenvalue weighted by molar-refractivity contribution is 5.98. The molecule has 0 spiro atoms. The minimum Gasteiger partial charge on any atom is -0.435 e. The second kappa shape index (κ2) is 10.1. The number of carbonyl (C=O) groups excluding carboxylic acids is 2. The summed E-state index contributed by atoms with van der Waals surface area (Å²) in [6, 6.07) is 8.02. The monoisotopic (exact) mass is 416 g/mol. The van der Waals surface area contributed by atoms with E-state index in [1.807, 2.05) is 10.9 Å². The Hall–Kier alpha value is -3.63. The van der Waals surface area contributed by atoms with Crippen LogP contribution in [0.5, 0.6) is 11.5 Å². The van der Waals surface area contributed by atoms with Crippen LogP contribution >= 0.6 is 0 Å². The zero-order valence-electron chi connectivity index (χ0n) is 14.4. The van der Waals surface area contributed by atoms with Crippen LogP contribution in [0.2, 0.25) is 0 Å². The molecule has 0 aliphatic rings. The van der Waals surface area contributed by atoms with Crippen LogP contribution in [0.25, 0.3) is 6.08 Å². The predicted molar refractivity (Wildman–Crippen MR) is 90.7 cm³/mol. The van der Waals surface area contributed by atoms with Crippen molar-refractivity contribution in [2.75, 3.05) is 0 Å². The summed E-state index contributed by atoms with van der Waals surface area (Å²) in [6.07, 6.45) is 1.89. The average Bonchev–Trinajstić information content (AvgIpc) is 2.65. The fraction of sp³-hybridized carbons (Fsp3) is 0.111. The number of alkyl halides is 4. The number of hydrogen-bond acceptors (Lipinski definition) is 4. The summed E-state index contributed by atoms with van der Waals surface area (Å²) in [5.74, 6) is -3.53. The lowest BCUT2D eigenvalue weighted by Gasteiger charge is -2.11. The molecule has 0 fully saturated rings. The number of benzene rings is 2. The second-order valence-electron chi connectivity index (χ2n) is 5.21. The van der Waals surface area contributed by atoms with Crippen LogP contribution in [-0.4, -0.2) is 25.0 Å². The van der Waals surface area contributed by atoms with Gasteiger partial charge in [-0.05, 0) is 30.3 Å². The van der Waals surface area contributed by atoms with Gasteiger partial charge in [-0.2, -0.15) is 17.6 Å². The quantitative estimate of drug-likeness (QED) is 0.412. The van der Waals surface area contributed by atoms with E-state index >= 15 is 0 Å². The molecule has 2 rings (SSSR count). The first-order chi connectivity index (χ1) is 13.8. The van der Waals surface area contributed by atoms with Crippen LogP contribution in [-0.2, 0) is 4.79 Å². The molecule has 0 unspecified atom stereocenters. The third kappa shape index (κ3) is 6.79. The molecule has 2 amide bonds. The van der Waals surface area contributed by atoms with Crippen molar-refractivity contribution in [2.45, 2.75) is 13.2 Å². The van der Waals surface area contributed by atoms with E-state index in [0.29, 0.717) is 0 Å². The highest BCUT2D eigenvalue weighted by Gasteiger charge is 2.13. The number of hydrogen-bond donors (Lipinski definition) is 2. The molecular formula is C18H13F5N2O4. The zero-order valence-corrected chi connectivity index (χ0v) is 14.4. The van der Waals surface area contributed by atoms with Gasteiger partial charge in [-0.25, -0.2) is 4.39 Å². The molecule has 0 aliphatic heterocycles. The van der Waals surface area contributed by atoms with Crippen molar-refractivity contribution in [2.24, 2.45) is 0 Å². The first-order valence-corrected chi connectivity index (χ1v) is 7.83. The van der Waals surface area contributed by atoms with Crippen LogP contribution < -0.4 is 20.3 Å². The fourth-order valence-corrected chi connectivity index (χ4v) is 2.06. The molecule has 0 atom stereocenters. The van der Waals surface area contributed by atoms with Gasteiger partial charge >= 0.3 is 13.2 Å². The summed E-state index contributed by atoms with van der Waals surface area (Å²) in [4.78, 5) is 23.5. The van der Waals surface area contributed by atoms with Gasteiger partial charge < -0.3 is 9.47 Å². The lowest BCUT2D eigenvalue weighted by Crippen LogP contribution is -2.41. The van der Waals surface area contributed by atoms with E-state index in [-0.39, 0.29) is 11.1 Å². The molecule has 0 saturated carbocycles. The van der Waals surface area contributed by atoms with E-state index in [1.54, 1.807) is 0 Å². The van der Waals surface area contributed by atoms with Crippen molar-refractivity contribution in [1.29, 1.82) is 0 Å². The van der Waals surface area contributed by atoms with E-state index in [2.05, 4.69) is 9.47 Å². The van der Waals surface area contributed by atoms with Gasteiger partial charge in [-0.1, -0.05) is 12.1 Å². The summed E-state index contributed by atoms with van der Waals surface area (Å²) >= 11 is 0. The molecule has 0 aliphatic carbocycles. The summed E-state index contributed by atoms with van der Waals surface area (Å²) in [5, 5.41) is 0. The summed E-state index contributed by atoms with van der Waals surface area (Å²) < 4.78 is 71.3. The molecule has 2 aromatic carbocycles. The zero-order chi connectivity index (χ0) is 21.4. The summed E-state index contributed by atoms with van der Waals surface area (Å²) in [5.41, 5.74) is 3.58. The maximum Gasteiger partial charge on any atom is 0.387 e. The largest absolute Gasteiger partial charge is 0.435 e. The topological polar surface area (TPSA) is 76.7 Å². The molecule has 0 aromatic heterocycles. The maximum atomic E-state index is 13.5. The van der Waals surface area contributed by atoms with Crippen LogP contribution in [0.1, 0.15) is 15.9 Å². The normalized spacial score (nSPS) is 11.0. The van der Waals surface area contributed by atoms with Crippen LogP contribution in [0, 0.1) is 5.82 Å². The van der Waals surface area contributed by atoms with Crippen molar-refractivity contribution in [1.82, 2.24) is 10.9 Å². The number of ether oxygens (including phenoxy) is 2. The fourth-order valence-electron chi connectivity index (χ4n) is 2.06. The number of amides is 2. The molecule has 0 radical (unpaired) electrons. The van der Waals surface area contributed by atoms with Crippen LogP contribution in [0.3, 0.4) is 0 Å². The molecule has 29 heavy (non-hydrogen) atoms. The van der Waals surface area contributed by atoms with Gasteiger partial charge in [0, 0.05) is 17.7 Å². The number of nitrogens with one attached hydrogen (secondary N) is 2. The number of hydrazine groups is 1. The number of halogens is 5. The van der Waals surface area contributed by atoms with Gasteiger partial charge in [-0.15, -0.1) is 0 Å². The molecule has 0 heterocycles. The molecule has 2 aromatic rings. The Morgan fingerprint density at radius 3 is 2.28 bits per heavy atom. The second-order valence-corrected chi connectivity index (χ2v) is 5.21. The van der Waals surface area contributed by atoms with Gasteiger partial charge in [0.15, 0.2) is 0 Å². The standard InChI is InChI=1S/C18H13F5N2O4/c19-13-4-2-1-3-12(13)16(27)25-24-15(26)8-6-10-5-7-11(28-17(20)21)9-14(10)29-18(22)23/h1-9,17-18H,(H,24,26)(H,25,27). The highest BCUT2D eigenvalue weighted by Crippen LogP contribution is 2.28. The van der Waals surface area contributed by atoms with E-state index in [4.69, 9.17) is 0 Å². The Labute approximate surface area is 160 Å². The highest BCUT2D eigenvalue weighted by atomic mass is 19.3. The third-order valence-corrected chi connectivity index (χ3v) is 3.26. The summed E-state index contributed by atoms with van der Waals surface area (Å²) in [6.45, 7) is -6.42. The van der Waals surface area contributed by atoms with Crippen molar-refractivity contribution in [3.63, 3.8) is 0 Å². The molecule has 6 nitrogen and oxygen atoms in total. The van der Waals surface area contributed by atoms with E-state index in [1.165, 1.54) is 18.2 Å². The van der Waals surface area contributed by atoms with E-state index in [0.717, 1.165) is 36.4 Å². The van der Waals surface area contributed by atoms with Gasteiger partial charge in [0.2, 0.25) is 0 Å². The molecule has 0 saturated heterocycles. The Balaban J connectivity index is 2.04. The van der Waals surface area contributed by atoms with Gasteiger partial charge in [0.25, 0.3) is 11.8 Å². The number of rotatable bonds is 7. The minimum absolute atomic E-state index is 0.0532. The smallest absolute Gasteiger partial charge is 0.387 e. The van der Waals surface area contributed by atoms with E-state index < -0.39 is 42.4 Å². The first kappa shape index (κ1) is 21.7. The van der Waals surface area contributed by atoms with Crippen molar-refractivity contribution in [3.05, 3.63) is 65.5 Å². The Kier molecular flexibility index (Phi) is 7.52. The average molecular weight is 416 g/mol. The van der Waals surface area contributed by atoms with E-state index in [9.17, 15) is 31.5 Å². The predicted octanol–water partition coefficient (Wildman–Crippen LogP) is 3.50. The molecular weight excluding hydrogens is 403 g/mol. The van der Waals surface area contributed by atoms with Gasteiger partial charge in [-0.3, -0.25) is 20.4 Å². The minimum atomic E-state index is -3.25. The molecule has 154 valence electrons. The van der Waals surface area contributed by atoms with Gasteiger partial charge in [0.05, 0.1) is 5.56 Å². The van der Waals surface area contributed by atoms with Crippen molar-refractivity contribution in [3.8, 4) is 11.5 Å². The number of carbonyl (C=O) groups is 2. The molecule has 0 bridgehead atoms. The lowest BCUT2D eigenvalue weighted by molar-refractivity contribution is -0.117. The maximum absolute atomic E-state index is 13.5. The van der Waals surface area contributed by atoms with Gasteiger partial charge in [0.1, 0.15) is 17.3 Å². The van der Waals surface area contributed by atoms with Crippen molar-refractivity contribution < 1.29 is 41.0 Å². The lowest BCUT2D eigenvalue weighted by atomic mass is 10.1. The molecule has 11 heteroatoms. The Morgan fingerprint density at radius 1 is 0.931 bits per heavy atom. The third-order valence-electron chi connectivity index (χ3n) is 3.26. The van der Waals surface area contributed by atoms with Crippen molar-refractivity contribution >= 4 is 17.9 Å². The first-order valence-electron chi connectivity index (χ1n) is 7.83. The van der Waals surface area contributed by atoms with Crippen LogP contribution in [0.4, 0.5) is 22.0 Å². The Bertz CT molecular complexity index is 906. The van der Waals surface area contributed by atoms with Crippen LogP contribution in [0.15, 0.2) is 48.5 Å². The SMILES string of the molecule is O=C(C=Cc1ccc(OC(F)F)cc1OC(F)F)NNC(=O)c1ccccc1F. The summed E-state index contributed by atoms with van der Waals surface area (Å²) in [7, 11) is 0.